The summed E-state index contributed by atoms with van der Waals surface area (Å²) in [5, 5.41) is 9.00. The Balaban J connectivity index is 2.48. The highest BCUT2D eigenvalue weighted by molar-refractivity contribution is 9.08. The van der Waals surface area contributed by atoms with Crippen LogP contribution in [-0.4, -0.2) is 14.8 Å². The molecule has 0 bridgehead atoms. The standard InChI is InChI=1S/C14H17BrFN3/c1-9(2)8-19-13(7-15)17-18-14(19)11-5-4-10(3)12(16)6-11/h4-6,9H,7-8H2,1-3H3. The predicted octanol–water partition coefficient (Wildman–Crippen LogP) is 3.94. The lowest BCUT2D eigenvalue weighted by Gasteiger charge is -2.12. The maximum atomic E-state index is 13.7. The van der Waals surface area contributed by atoms with Gasteiger partial charge in [-0.1, -0.05) is 41.9 Å². The van der Waals surface area contributed by atoms with Gasteiger partial charge in [-0.3, -0.25) is 0 Å². The molecule has 2 aromatic rings. The van der Waals surface area contributed by atoms with Gasteiger partial charge in [-0.2, -0.15) is 0 Å². The summed E-state index contributed by atoms with van der Waals surface area (Å²) in [6.07, 6.45) is 0. The maximum absolute atomic E-state index is 13.7. The smallest absolute Gasteiger partial charge is 0.164 e. The van der Waals surface area contributed by atoms with Gasteiger partial charge in [0.25, 0.3) is 0 Å². The summed E-state index contributed by atoms with van der Waals surface area (Å²) in [4.78, 5) is 0. The van der Waals surface area contributed by atoms with Crippen LogP contribution in [0.3, 0.4) is 0 Å². The number of benzene rings is 1. The average Bonchev–Trinajstić information content (AvgIpc) is 2.75. The van der Waals surface area contributed by atoms with Crippen LogP contribution < -0.4 is 0 Å². The zero-order valence-corrected chi connectivity index (χ0v) is 12.9. The quantitative estimate of drug-likeness (QED) is 0.797. The summed E-state index contributed by atoms with van der Waals surface area (Å²) in [6, 6.07) is 5.18. The van der Waals surface area contributed by atoms with E-state index in [1.54, 1.807) is 13.0 Å². The van der Waals surface area contributed by atoms with Crippen molar-refractivity contribution in [2.24, 2.45) is 5.92 Å². The molecule has 0 spiro atoms. The Morgan fingerprint density at radius 2 is 2.05 bits per heavy atom. The number of rotatable bonds is 4. The molecule has 0 saturated heterocycles. The lowest BCUT2D eigenvalue weighted by molar-refractivity contribution is 0.516. The highest BCUT2D eigenvalue weighted by Crippen LogP contribution is 2.22. The second kappa shape index (κ2) is 5.82. The van der Waals surface area contributed by atoms with E-state index in [2.05, 4.69) is 40.0 Å². The van der Waals surface area contributed by atoms with E-state index in [0.29, 0.717) is 16.8 Å². The van der Waals surface area contributed by atoms with Crippen molar-refractivity contribution in [1.29, 1.82) is 0 Å². The van der Waals surface area contributed by atoms with Crippen molar-refractivity contribution < 1.29 is 4.39 Å². The van der Waals surface area contributed by atoms with Gasteiger partial charge >= 0.3 is 0 Å². The molecular formula is C14H17BrFN3. The van der Waals surface area contributed by atoms with Crippen LogP contribution in [0.15, 0.2) is 18.2 Å². The number of nitrogens with zero attached hydrogens (tertiary/aromatic N) is 3. The molecule has 0 aliphatic carbocycles. The minimum atomic E-state index is -0.211. The molecule has 0 radical (unpaired) electrons. The summed E-state index contributed by atoms with van der Waals surface area (Å²) in [5.74, 6) is 1.85. The topological polar surface area (TPSA) is 30.7 Å². The SMILES string of the molecule is Cc1ccc(-c2nnc(CBr)n2CC(C)C)cc1F. The van der Waals surface area contributed by atoms with Gasteiger partial charge in [-0.15, -0.1) is 10.2 Å². The Morgan fingerprint density at radius 1 is 1.32 bits per heavy atom. The van der Waals surface area contributed by atoms with Crippen molar-refractivity contribution in [3.05, 3.63) is 35.4 Å². The zero-order chi connectivity index (χ0) is 14.0. The van der Waals surface area contributed by atoms with Gasteiger partial charge in [-0.05, 0) is 24.5 Å². The number of alkyl halides is 1. The Kier molecular flexibility index (Phi) is 4.34. The molecule has 3 nitrogen and oxygen atoms in total. The molecule has 19 heavy (non-hydrogen) atoms. The molecule has 102 valence electrons. The molecule has 0 aliphatic heterocycles. The fourth-order valence-electron chi connectivity index (χ4n) is 1.94. The number of hydrogen-bond acceptors (Lipinski definition) is 2. The number of aryl methyl sites for hydroxylation is 1. The zero-order valence-electron chi connectivity index (χ0n) is 11.3. The van der Waals surface area contributed by atoms with E-state index in [4.69, 9.17) is 0 Å². The third-order valence-electron chi connectivity index (χ3n) is 2.92. The van der Waals surface area contributed by atoms with Gasteiger partial charge in [0.05, 0.1) is 5.33 Å². The fourth-order valence-corrected chi connectivity index (χ4v) is 2.35. The second-order valence-electron chi connectivity index (χ2n) is 5.04. The first-order chi connectivity index (χ1) is 9.02. The van der Waals surface area contributed by atoms with Crippen LogP contribution in [0.25, 0.3) is 11.4 Å². The Morgan fingerprint density at radius 3 is 2.63 bits per heavy atom. The monoisotopic (exact) mass is 325 g/mol. The van der Waals surface area contributed by atoms with Gasteiger partial charge in [0.15, 0.2) is 5.82 Å². The molecule has 0 amide bonds. The predicted molar refractivity (Wildman–Crippen MR) is 77.6 cm³/mol. The average molecular weight is 326 g/mol. The molecule has 0 atom stereocenters. The molecule has 0 fully saturated rings. The molecule has 0 aliphatic rings. The van der Waals surface area contributed by atoms with Gasteiger partial charge in [0.1, 0.15) is 11.6 Å². The van der Waals surface area contributed by atoms with E-state index in [1.807, 2.05) is 10.6 Å². The van der Waals surface area contributed by atoms with E-state index in [9.17, 15) is 4.39 Å². The minimum Gasteiger partial charge on any atom is -0.310 e. The molecule has 1 aromatic heterocycles. The third-order valence-corrected chi connectivity index (χ3v) is 3.43. The molecule has 2 rings (SSSR count). The Bertz CT molecular complexity index is 578. The van der Waals surface area contributed by atoms with Crippen LogP contribution in [0.5, 0.6) is 0 Å². The molecule has 5 heteroatoms. The molecule has 1 aromatic carbocycles. The molecule has 0 N–H and O–H groups in total. The number of halogens is 2. The summed E-state index contributed by atoms with van der Waals surface area (Å²) in [5.41, 5.74) is 1.41. The second-order valence-corrected chi connectivity index (χ2v) is 5.60. The van der Waals surface area contributed by atoms with Crippen LogP contribution in [0.1, 0.15) is 25.2 Å². The first kappa shape index (κ1) is 14.2. The van der Waals surface area contributed by atoms with Gasteiger partial charge in [-0.25, -0.2) is 4.39 Å². The van der Waals surface area contributed by atoms with Crippen LogP contribution >= 0.6 is 15.9 Å². The summed E-state index contributed by atoms with van der Waals surface area (Å²) in [7, 11) is 0. The first-order valence-electron chi connectivity index (χ1n) is 6.27. The van der Waals surface area contributed by atoms with E-state index in [1.165, 1.54) is 6.07 Å². The highest BCUT2D eigenvalue weighted by atomic mass is 79.9. The van der Waals surface area contributed by atoms with Crippen molar-refractivity contribution in [3.63, 3.8) is 0 Å². The van der Waals surface area contributed by atoms with Crippen LogP contribution in [-0.2, 0) is 11.9 Å². The van der Waals surface area contributed by atoms with E-state index >= 15 is 0 Å². The maximum Gasteiger partial charge on any atom is 0.164 e. The molecular weight excluding hydrogens is 309 g/mol. The third kappa shape index (κ3) is 3.03. The van der Waals surface area contributed by atoms with Crippen LogP contribution in [0, 0.1) is 18.7 Å². The molecule has 1 heterocycles. The van der Waals surface area contributed by atoms with Gasteiger partial charge < -0.3 is 4.57 Å². The van der Waals surface area contributed by atoms with E-state index < -0.39 is 0 Å². The summed E-state index contributed by atoms with van der Waals surface area (Å²) >= 11 is 3.41. The van der Waals surface area contributed by atoms with Gasteiger partial charge in [0, 0.05) is 12.1 Å². The summed E-state index contributed by atoms with van der Waals surface area (Å²) in [6.45, 7) is 6.84. The minimum absolute atomic E-state index is 0.211. The highest BCUT2D eigenvalue weighted by Gasteiger charge is 2.15. The lowest BCUT2D eigenvalue weighted by atomic mass is 10.1. The molecule has 0 unspecified atom stereocenters. The van der Waals surface area contributed by atoms with Gasteiger partial charge in [0.2, 0.25) is 0 Å². The lowest BCUT2D eigenvalue weighted by Crippen LogP contribution is -2.09. The van der Waals surface area contributed by atoms with Crippen molar-refractivity contribution in [1.82, 2.24) is 14.8 Å². The largest absolute Gasteiger partial charge is 0.310 e. The van der Waals surface area contributed by atoms with E-state index in [-0.39, 0.29) is 5.82 Å². The Labute approximate surface area is 121 Å². The number of aromatic nitrogens is 3. The Hall–Kier alpha value is -1.23. The van der Waals surface area contributed by atoms with Crippen LogP contribution in [0.2, 0.25) is 0 Å². The van der Waals surface area contributed by atoms with Crippen LogP contribution in [0.4, 0.5) is 4.39 Å². The van der Waals surface area contributed by atoms with Crippen molar-refractivity contribution in [2.45, 2.75) is 32.6 Å². The molecule has 0 saturated carbocycles. The van der Waals surface area contributed by atoms with Crippen molar-refractivity contribution in [3.8, 4) is 11.4 Å². The fraction of sp³-hybridized carbons (Fsp3) is 0.429. The first-order valence-corrected chi connectivity index (χ1v) is 7.39. The van der Waals surface area contributed by atoms with Crippen molar-refractivity contribution >= 4 is 15.9 Å². The van der Waals surface area contributed by atoms with Crippen molar-refractivity contribution in [2.75, 3.05) is 0 Å². The number of hydrogen-bond donors (Lipinski definition) is 0. The summed E-state index contributed by atoms with van der Waals surface area (Å²) < 4.78 is 15.7. The normalized spacial score (nSPS) is 11.3. The van der Waals surface area contributed by atoms with E-state index in [0.717, 1.165) is 23.8 Å².